The fourth-order valence-electron chi connectivity index (χ4n) is 3.98. The molecule has 6 nitrogen and oxygen atoms in total. The van der Waals surface area contributed by atoms with Crippen LogP contribution in [0.3, 0.4) is 0 Å². The summed E-state index contributed by atoms with van der Waals surface area (Å²) in [6.07, 6.45) is 6.57. The molecule has 24 heavy (non-hydrogen) atoms. The molecular formula is C18H22N2O4. The van der Waals surface area contributed by atoms with E-state index in [2.05, 4.69) is 10.1 Å². The molecule has 0 bridgehead atoms. The zero-order valence-corrected chi connectivity index (χ0v) is 14.1. The van der Waals surface area contributed by atoms with Crippen LogP contribution in [0.1, 0.15) is 55.6 Å². The zero-order chi connectivity index (χ0) is 16.7. The Morgan fingerprint density at radius 2 is 2.21 bits per heavy atom. The number of fused-ring (bicyclic) bond motifs is 1. The molecular weight excluding hydrogens is 308 g/mol. The summed E-state index contributed by atoms with van der Waals surface area (Å²) in [5, 5.41) is 4.76. The van der Waals surface area contributed by atoms with Gasteiger partial charge in [-0.05, 0) is 32.3 Å². The molecule has 2 heterocycles. The maximum Gasteiger partial charge on any atom is 0.340 e. The molecule has 0 unspecified atom stereocenters. The Hall–Kier alpha value is -1.95. The minimum atomic E-state index is -0.320. The third kappa shape index (κ3) is 2.24. The topological polar surface area (TPSA) is 74.5 Å². The van der Waals surface area contributed by atoms with Gasteiger partial charge < -0.3 is 14.0 Å². The van der Waals surface area contributed by atoms with Gasteiger partial charge in [-0.15, -0.1) is 0 Å². The van der Waals surface area contributed by atoms with Crippen LogP contribution in [-0.2, 0) is 15.9 Å². The van der Waals surface area contributed by atoms with Crippen molar-refractivity contribution in [1.29, 1.82) is 0 Å². The monoisotopic (exact) mass is 330 g/mol. The van der Waals surface area contributed by atoms with Gasteiger partial charge in [-0.3, -0.25) is 0 Å². The third-order valence-corrected chi connectivity index (χ3v) is 5.59. The van der Waals surface area contributed by atoms with Crippen molar-refractivity contribution in [2.45, 2.75) is 58.2 Å². The first-order valence-electron chi connectivity index (χ1n) is 8.75. The highest BCUT2D eigenvalue weighted by Crippen LogP contribution is 2.58. The van der Waals surface area contributed by atoms with Crippen LogP contribution in [0.25, 0.3) is 11.1 Å². The molecule has 2 aliphatic rings. The van der Waals surface area contributed by atoms with Crippen LogP contribution in [0.15, 0.2) is 16.8 Å². The predicted octanol–water partition coefficient (Wildman–Crippen LogP) is 3.29. The molecule has 2 saturated carbocycles. The van der Waals surface area contributed by atoms with Crippen LogP contribution < -0.4 is 0 Å². The fourth-order valence-corrected chi connectivity index (χ4v) is 3.98. The van der Waals surface area contributed by atoms with Gasteiger partial charge in [0.15, 0.2) is 0 Å². The Kier molecular flexibility index (Phi) is 3.79. The molecule has 0 aromatic carbocycles. The molecule has 0 aliphatic heterocycles. The van der Waals surface area contributed by atoms with Crippen molar-refractivity contribution in [1.82, 2.24) is 10.1 Å². The van der Waals surface area contributed by atoms with Crippen LogP contribution in [0.5, 0.6) is 0 Å². The molecule has 2 aliphatic carbocycles. The Labute approximate surface area is 140 Å². The van der Waals surface area contributed by atoms with E-state index in [-0.39, 0.29) is 23.6 Å². The molecule has 0 radical (unpaired) electrons. The lowest BCUT2D eigenvalue weighted by molar-refractivity contribution is -0.224. The van der Waals surface area contributed by atoms with Gasteiger partial charge in [0, 0.05) is 24.6 Å². The highest BCUT2D eigenvalue weighted by Gasteiger charge is 2.61. The molecule has 2 atom stereocenters. The smallest absolute Gasteiger partial charge is 0.340 e. The van der Waals surface area contributed by atoms with Gasteiger partial charge >= 0.3 is 5.97 Å². The number of pyridine rings is 1. The molecule has 4 rings (SSSR count). The Morgan fingerprint density at radius 1 is 1.38 bits per heavy atom. The highest BCUT2D eigenvalue weighted by atomic mass is 16.6. The molecule has 2 aromatic heterocycles. The van der Waals surface area contributed by atoms with Crippen molar-refractivity contribution < 1.29 is 18.8 Å². The quantitative estimate of drug-likeness (QED) is 0.783. The number of carbonyl (C=O) groups is 1. The van der Waals surface area contributed by atoms with Gasteiger partial charge in [-0.25, -0.2) is 9.78 Å². The van der Waals surface area contributed by atoms with Gasteiger partial charge in [-0.1, -0.05) is 18.5 Å². The highest BCUT2D eigenvalue weighted by molar-refractivity contribution is 5.93. The second-order valence-electron chi connectivity index (χ2n) is 6.72. The van der Waals surface area contributed by atoms with Crippen LogP contribution in [0, 0.1) is 5.41 Å². The van der Waals surface area contributed by atoms with Crippen molar-refractivity contribution in [2.75, 3.05) is 6.61 Å². The maximum atomic E-state index is 12.6. The van der Waals surface area contributed by atoms with E-state index in [0.29, 0.717) is 17.9 Å². The number of hydrogen-bond acceptors (Lipinski definition) is 6. The van der Waals surface area contributed by atoms with E-state index in [4.69, 9.17) is 14.0 Å². The molecule has 2 aromatic rings. The lowest BCUT2D eigenvalue weighted by Gasteiger charge is -2.59. The van der Waals surface area contributed by atoms with Gasteiger partial charge in [-0.2, -0.15) is 0 Å². The lowest BCUT2D eigenvalue weighted by Crippen LogP contribution is -2.63. The predicted molar refractivity (Wildman–Crippen MR) is 86.7 cm³/mol. The summed E-state index contributed by atoms with van der Waals surface area (Å²) >= 11 is 0. The second kappa shape index (κ2) is 5.84. The van der Waals surface area contributed by atoms with E-state index in [1.807, 2.05) is 13.8 Å². The van der Waals surface area contributed by atoms with Crippen LogP contribution in [0.4, 0.5) is 0 Å². The summed E-state index contributed by atoms with van der Waals surface area (Å²) in [5.74, 6) is -0.320. The number of aromatic nitrogens is 2. The SMILES string of the molecule is CCO[C@@H]1C[C@H](OC(=O)c2cnc3onc(CC)c3c2)C12CCC2. The number of carbonyl (C=O) groups excluding carboxylic acids is 1. The van der Waals surface area contributed by atoms with E-state index < -0.39 is 0 Å². The first-order chi connectivity index (χ1) is 11.7. The molecule has 128 valence electrons. The van der Waals surface area contributed by atoms with Crippen molar-refractivity contribution in [3.63, 3.8) is 0 Å². The Bertz CT molecular complexity index is 765. The summed E-state index contributed by atoms with van der Waals surface area (Å²) in [7, 11) is 0. The largest absolute Gasteiger partial charge is 0.458 e. The standard InChI is InChI=1S/C18H22N2O4/c1-3-13-12-8-11(10-19-16(12)24-20-13)17(21)23-15-9-14(22-4-2)18(15)6-5-7-18/h8,10,14-15H,3-7,9H2,1-2H3/t14-,15+/m1/s1. The molecule has 0 saturated heterocycles. The van der Waals surface area contributed by atoms with Crippen molar-refractivity contribution >= 4 is 17.1 Å². The third-order valence-electron chi connectivity index (χ3n) is 5.59. The average Bonchev–Trinajstić information content (AvgIpc) is 2.94. The van der Waals surface area contributed by atoms with Gasteiger partial charge in [0.2, 0.25) is 0 Å². The molecule has 0 N–H and O–H groups in total. The van der Waals surface area contributed by atoms with Crippen LogP contribution >= 0.6 is 0 Å². The minimum Gasteiger partial charge on any atom is -0.458 e. The number of ether oxygens (including phenoxy) is 2. The Morgan fingerprint density at radius 3 is 2.88 bits per heavy atom. The number of nitrogens with zero attached hydrogens (tertiary/aromatic N) is 2. The zero-order valence-electron chi connectivity index (χ0n) is 14.1. The van der Waals surface area contributed by atoms with Crippen LogP contribution in [-0.4, -0.2) is 34.9 Å². The normalized spacial score (nSPS) is 24.6. The number of esters is 1. The van der Waals surface area contributed by atoms with Crippen molar-refractivity contribution in [3.8, 4) is 0 Å². The number of aryl methyl sites for hydroxylation is 1. The summed E-state index contributed by atoms with van der Waals surface area (Å²) in [4.78, 5) is 16.7. The molecule has 1 spiro atoms. The first-order valence-corrected chi connectivity index (χ1v) is 8.75. The summed E-state index contributed by atoms with van der Waals surface area (Å²) < 4.78 is 16.8. The number of hydrogen-bond donors (Lipinski definition) is 0. The summed E-state index contributed by atoms with van der Waals surface area (Å²) in [6.45, 7) is 4.71. The van der Waals surface area contributed by atoms with Crippen molar-refractivity contribution in [2.24, 2.45) is 5.41 Å². The minimum absolute atomic E-state index is 0.0425. The van der Waals surface area contributed by atoms with E-state index >= 15 is 0 Å². The van der Waals surface area contributed by atoms with Crippen molar-refractivity contribution in [3.05, 3.63) is 23.5 Å². The summed E-state index contributed by atoms with van der Waals surface area (Å²) in [5.41, 5.74) is 1.77. The Balaban J connectivity index is 1.50. The van der Waals surface area contributed by atoms with E-state index in [1.54, 1.807) is 6.07 Å². The van der Waals surface area contributed by atoms with E-state index in [1.165, 1.54) is 12.6 Å². The van der Waals surface area contributed by atoms with Crippen LogP contribution in [0.2, 0.25) is 0 Å². The average molecular weight is 330 g/mol. The second-order valence-corrected chi connectivity index (χ2v) is 6.72. The van der Waals surface area contributed by atoms with Gasteiger partial charge in [0.25, 0.3) is 5.71 Å². The van der Waals surface area contributed by atoms with Gasteiger partial charge in [0.1, 0.15) is 6.10 Å². The van der Waals surface area contributed by atoms with E-state index in [9.17, 15) is 4.79 Å². The van der Waals surface area contributed by atoms with Gasteiger partial charge in [0.05, 0.1) is 22.7 Å². The lowest BCUT2D eigenvalue weighted by atomic mass is 9.52. The molecule has 2 fully saturated rings. The number of rotatable bonds is 5. The molecule has 6 heteroatoms. The summed E-state index contributed by atoms with van der Waals surface area (Å²) in [6, 6.07) is 1.77. The fraction of sp³-hybridized carbons (Fsp3) is 0.611. The van der Waals surface area contributed by atoms with E-state index in [0.717, 1.165) is 36.8 Å². The maximum absolute atomic E-state index is 12.6. The first kappa shape index (κ1) is 15.6. The molecule has 0 amide bonds.